The fourth-order valence-corrected chi connectivity index (χ4v) is 3.66. The summed E-state index contributed by atoms with van der Waals surface area (Å²) in [4.78, 5) is 24.9. The van der Waals surface area contributed by atoms with Gasteiger partial charge in [0.2, 0.25) is 0 Å². The summed E-state index contributed by atoms with van der Waals surface area (Å²) >= 11 is 3.42. The van der Waals surface area contributed by atoms with E-state index in [2.05, 4.69) is 26.6 Å². The number of anilines is 2. The first-order chi connectivity index (χ1) is 16.8. The molecule has 0 aliphatic rings. The van der Waals surface area contributed by atoms with Gasteiger partial charge in [0.05, 0.1) is 11.6 Å². The van der Waals surface area contributed by atoms with Crippen molar-refractivity contribution < 1.29 is 19.1 Å². The molecular weight excluding hydrogens is 510 g/mol. The maximum absolute atomic E-state index is 12.6. The number of nitriles is 1. The molecule has 3 aromatic rings. The van der Waals surface area contributed by atoms with Gasteiger partial charge in [-0.1, -0.05) is 35.4 Å². The van der Waals surface area contributed by atoms with Crippen LogP contribution in [-0.2, 0) is 9.59 Å². The first-order valence-electron chi connectivity index (χ1n) is 10.7. The molecule has 0 saturated heterocycles. The minimum absolute atomic E-state index is 0.0781. The van der Waals surface area contributed by atoms with Crippen LogP contribution >= 0.6 is 15.9 Å². The zero-order valence-electron chi connectivity index (χ0n) is 19.5. The Bertz CT molecular complexity index is 1290. The van der Waals surface area contributed by atoms with Crippen LogP contribution in [0.1, 0.15) is 16.7 Å². The quantitative estimate of drug-likeness (QED) is 0.288. The Kier molecular flexibility index (Phi) is 8.65. The van der Waals surface area contributed by atoms with Crippen molar-refractivity contribution >= 4 is 45.2 Å². The van der Waals surface area contributed by atoms with Gasteiger partial charge in [0, 0.05) is 11.4 Å². The Balaban J connectivity index is 1.72. The highest BCUT2D eigenvalue weighted by atomic mass is 79.9. The molecule has 3 aromatic carbocycles. The number of aryl methyl sites for hydroxylation is 2. The van der Waals surface area contributed by atoms with Crippen molar-refractivity contribution in [2.24, 2.45) is 0 Å². The fraction of sp³-hybridized carbons (Fsp3) is 0.148. The molecule has 2 amide bonds. The smallest absolute Gasteiger partial charge is 0.266 e. The summed E-state index contributed by atoms with van der Waals surface area (Å²) < 4.78 is 11.6. The number of halogens is 1. The van der Waals surface area contributed by atoms with Crippen molar-refractivity contribution in [3.05, 3.63) is 87.4 Å². The lowest BCUT2D eigenvalue weighted by atomic mass is 10.1. The lowest BCUT2D eigenvalue weighted by Crippen LogP contribution is -2.20. The molecule has 0 unspecified atom stereocenters. The second-order valence-corrected chi connectivity index (χ2v) is 8.58. The Morgan fingerprint density at radius 2 is 1.54 bits per heavy atom. The third-order valence-corrected chi connectivity index (χ3v) is 5.51. The number of hydrogen-bond donors (Lipinski definition) is 2. The van der Waals surface area contributed by atoms with Crippen molar-refractivity contribution in [1.82, 2.24) is 0 Å². The number of ether oxygens (including phenoxy) is 2. The van der Waals surface area contributed by atoms with Gasteiger partial charge in [-0.3, -0.25) is 9.59 Å². The van der Waals surface area contributed by atoms with Crippen LogP contribution in [0.2, 0.25) is 0 Å². The first-order valence-corrected chi connectivity index (χ1v) is 11.4. The van der Waals surface area contributed by atoms with E-state index < -0.39 is 5.91 Å². The molecule has 0 spiro atoms. The molecule has 0 atom stereocenters. The van der Waals surface area contributed by atoms with Crippen LogP contribution in [0.5, 0.6) is 11.5 Å². The molecule has 178 valence electrons. The standard InChI is InChI=1S/C27H24BrN3O4/c1-17-4-8-21(9-5-17)30-25(32)16-35-26-23(28)13-19(14-24(26)34-3)12-20(15-29)27(33)31-22-10-6-18(2)7-11-22/h4-14H,16H2,1-3H3,(H,30,32)(H,31,33)/b20-12+. The number of hydrogen-bond acceptors (Lipinski definition) is 5. The van der Waals surface area contributed by atoms with E-state index in [4.69, 9.17) is 9.47 Å². The summed E-state index contributed by atoms with van der Waals surface area (Å²) in [5.41, 5.74) is 3.88. The molecule has 0 heterocycles. The van der Waals surface area contributed by atoms with Crippen molar-refractivity contribution in [2.45, 2.75) is 13.8 Å². The number of benzene rings is 3. The van der Waals surface area contributed by atoms with Gasteiger partial charge in [-0.25, -0.2) is 0 Å². The van der Waals surface area contributed by atoms with Crippen LogP contribution in [0.3, 0.4) is 0 Å². The third kappa shape index (κ3) is 7.19. The molecule has 0 radical (unpaired) electrons. The average molecular weight is 534 g/mol. The molecule has 3 rings (SSSR count). The lowest BCUT2D eigenvalue weighted by Gasteiger charge is -2.14. The van der Waals surface area contributed by atoms with E-state index in [1.54, 1.807) is 24.3 Å². The molecule has 7 nitrogen and oxygen atoms in total. The fourth-order valence-electron chi connectivity index (χ4n) is 3.09. The predicted octanol–water partition coefficient (Wildman–Crippen LogP) is 5.64. The van der Waals surface area contributed by atoms with Crippen molar-refractivity contribution in [3.8, 4) is 17.6 Å². The van der Waals surface area contributed by atoms with Crippen LogP contribution in [-0.4, -0.2) is 25.5 Å². The molecule has 0 bridgehead atoms. The first kappa shape index (κ1) is 25.5. The van der Waals surface area contributed by atoms with Gasteiger partial charge in [0.15, 0.2) is 18.1 Å². The number of carbonyl (C=O) groups is 2. The van der Waals surface area contributed by atoms with E-state index in [0.717, 1.165) is 11.1 Å². The van der Waals surface area contributed by atoms with E-state index in [-0.39, 0.29) is 18.1 Å². The summed E-state index contributed by atoms with van der Waals surface area (Å²) in [6.07, 6.45) is 1.45. The largest absolute Gasteiger partial charge is 0.493 e. The normalized spacial score (nSPS) is 10.8. The van der Waals surface area contributed by atoms with Gasteiger partial charge in [-0.15, -0.1) is 0 Å². The average Bonchev–Trinajstić information content (AvgIpc) is 2.84. The van der Waals surface area contributed by atoms with Crippen LogP contribution in [0.25, 0.3) is 6.08 Å². The van der Waals surface area contributed by atoms with Gasteiger partial charge in [0.1, 0.15) is 11.6 Å². The number of rotatable bonds is 8. The zero-order chi connectivity index (χ0) is 25.4. The Labute approximate surface area is 212 Å². The van der Waals surface area contributed by atoms with Gasteiger partial charge in [-0.05, 0) is 77.8 Å². The monoisotopic (exact) mass is 533 g/mol. The highest BCUT2D eigenvalue weighted by molar-refractivity contribution is 9.10. The number of carbonyl (C=O) groups excluding carboxylic acids is 2. The van der Waals surface area contributed by atoms with Crippen LogP contribution in [0.15, 0.2) is 70.7 Å². The summed E-state index contributed by atoms with van der Waals surface area (Å²) in [6.45, 7) is 3.68. The van der Waals surface area contributed by atoms with E-state index in [9.17, 15) is 14.9 Å². The summed E-state index contributed by atoms with van der Waals surface area (Å²) in [7, 11) is 1.46. The highest BCUT2D eigenvalue weighted by Crippen LogP contribution is 2.37. The van der Waals surface area contributed by atoms with E-state index in [1.165, 1.54) is 13.2 Å². The van der Waals surface area contributed by atoms with Gasteiger partial charge in [0.25, 0.3) is 11.8 Å². The zero-order valence-corrected chi connectivity index (χ0v) is 21.1. The van der Waals surface area contributed by atoms with Gasteiger partial charge >= 0.3 is 0 Å². The second kappa shape index (κ2) is 11.9. The summed E-state index contributed by atoms with van der Waals surface area (Å²) in [5.74, 6) is -0.192. The number of nitrogens with zero attached hydrogens (tertiary/aromatic N) is 1. The molecular formula is C27H24BrN3O4. The second-order valence-electron chi connectivity index (χ2n) is 7.73. The van der Waals surface area contributed by atoms with Crippen LogP contribution in [0, 0.1) is 25.2 Å². The van der Waals surface area contributed by atoms with Crippen LogP contribution < -0.4 is 20.1 Å². The Morgan fingerprint density at radius 3 is 2.09 bits per heavy atom. The molecule has 0 aromatic heterocycles. The maximum atomic E-state index is 12.6. The van der Waals surface area contributed by atoms with E-state index in [0.29, 0.717) is 32.9 Å². The molecule has 0 fully saturated rings. The highest BCUT2D eigenvalue weighted by Gasteiger charge is 2.15. The topological polar surface area (TPSA) is 100 Å². The molecule has 2 N–H and O–H groups in total. The minimum atomic E-state index is -0.528. The molecule has 0 aliphatic heterocycles. The molecule has 35 heavy (non-hydrogen) atoms. The molecule has 0 saturated carbocycles. The Morgan fingerprint density at radius 1 is 0.971 bits per heavy atom. The van der Waals surface area contributed by atoms with Crippen LogP contribution in [0.4, 0.5) is 11.4 Å². The molecule has 0 aliphatic carbocycles. The van der Waals surface area contributed by atoms with Crippen molar-refractivity contribution in [2.75, 3.05) is 24.4 Å². The maximum Gasteiger partial charge on any atom is 0.266 e. The number of methoxy groups -OCH3 is 1. The summed E-state index contributed by atoms with van der Waals surface area (Å²) in [5, 5.41) is 15.0. The lowest BCUT2D eigenvalue weighted by molar-refractivity contribution is -0.118. The van der Waals surface area contributed by atoms with Gasteiger partial charge < -0.3 is 20.1 Å². The number of nitrogens with one attached hydrogen (secondary N) is 2. The minimum Gasteiger partial charge on any atom is -0.493 e. The van der Waals surface area contributed by atoms with Gasteiger partial charge in [-0.2, -0.15) is 5.26 Å². The third-order valence-electron chi connectivity index (χ3n) is 4.92. The Hall–Kier alpha value is -4.09. The SMILES string of the molecule is COc1cc(/C=C(\C#N)C(=O)Nc2ccc(C)cc2)cc(Br)c1OCC(=O)Nc1ccc(C)cc1. The summed E-state index contributed by atoms with van der Waals surface area (Å²) in [6, 6.07) is 19.9. The predicted molar refractivity (Wildman–Crippen MR) is 139 cm³/mol. The van der Waals surface area contributed by atoms with E-state index in [1.807, 2.05) is 56.3 Å². The van der Waals surface area contributed by atoms with Crippen molar-refractivity contribution in [1.29, 1.82) is 5.26 Å². The molecule has 8 heteroatoms. The number of amides is 2. The van der Waals surface area contributed by atoms with Crippen molar-refractivity contribution in [3.63, 3.8) is 0 Å². The van der Waals surface area contributed by atoms with E-state index >= 15 is 0 Å².